The Balaban J connectivity index is 2.63. The van der Waals surface area contributed by atoms with Crippen LogP contribution in [-0.4, -0.2) is 34.8 Å². The van der Waals surface area contributed by atoms with Gasteiger partial charge in [-0.15, -0.1) is 11.3 Å². The molecule has 0 aliphatic heterocycles. The first-order valence-electron chi connectivity index (χ1n) is 7.35. The number of aromatic nitrogens is 1. The van der Waals surface area contributed by atoms with Crippen LogP contribution in [0.1, 0.15) is 48.7 Å². The van der Waals surface area contributed by atoms with Crippen molar-refractivity contribution in [3.63, 3.8) is 0 Å². The molecular formula is C15H25N3O2S2. The average molecular weight is 344 g/mol. The largest absolute Gasteiger partial charge is 0.349 e. The number of hydrogen-bond acceptors (Lipinski definition) is 5. The quantitative estimate of drug-likeness (QED) is 0.760. The highest BCUT2D eigenvalue weighted by molar-refractivity contribution is 7.98. The second-order valence-electron chi connectivity index (χ2n) is 5.47. The van der Waals surface area contributed by atoms with Crippen LogP contribution >= 0.6 is 23.1 Å². The van der Waals surface area contributed by atoms with Crippen molar-refractivity contribution in [1.29, 1.82) is 0 Å². The van der Waals surface area contributed by atoms with Crippen molar-refractivity contribution in [1.82, 2.24) is 15.6 Å². The number of carbonyl (C=O) groups is 2. The van der Waals surface area contributed by atoms with E-state index in [1.54, 1.807) is 23.1 Å². The fourth-order valence-electron chi connectivity index (χ4n) is 1.90. The smallest absolute Gasteiger partial charge is 0.242 e. The lowest BCUT2D eigenvalue weighted by molar-refractivity contribution is -0.128. The summed E-state index contributed by atoms with van der Waals surface area (Å²) in [5.74, 6) is 0.900. The minimum Gasteiger partial charge on any atom is -0.349 e. The van der Waals surface area contributed by atoms with Gasteiger partial charge in [-0.05, 0) is 25.4 Å². The highest BCUT2D eigenvalue weighted by Crippen LogP contribution is 2.24. The van der Waals surface area contributed by atoms with E-state index in [1.807, 2.05) is 13.2 Å². The fraction of sp³-hybridized carbons (Fsp3) is 0.667. The third kappa shape index (κ3) is 5.96. The van der Waals surface area contributed by atoms with Crippen molar-refractivity contribution in [3.05, 3.63) is 15.6 Å². The fourth-order valence-corrected chi connectivity index (χ4v) is 3.38. The average Bonchev–Trinajstić information content (AvgIpc) is 2.82. The molecule has 1 aromatic heterocycles. The zero-order valence-electron chi connectivity index (χ0n) is 13.9. The molecule has 0 aromatic carbocycles. The van der Waals surface area contributed by atoms with E-state index in [9.17, 15) is 9.59 Å². The van der Waals surface area contributed by atoms with Crippen molar-refractivity contribution >= 4 is 34.9 Å². The Kier molecular flexibility index (Phi) is 7.89. The van der Waals surface area contributed by atoms with Gasteiger partial charge in [0.25, 0.3) is 0 Å². The normalized spacial score (nSPS) is 12.3. The van der Waals surface area contributed by atoms with E-state index in [-0.39, 0.29) is 11.8 Å². The molecule has 0 bridgehead atoms. The summed E-state index contributed by atoms with van der Waals surface area (Å²) in [6, 6.07) is -0.470. The first kappa shape index (κ1) is 19.0. The van der Waals surface area contributed by atoms with Gasteiger partial charge in [0.2, 0.25) is 11.8 Å². The van der Waals surface area contributed by atoms with Crippen LogP contribution in [0.25, 0.3) is 0 Å². The molecule has 0 fully saturated rings. The number of nitrogens with zero attached hydrogens (tertiary/aromatic N) is 1. The molecule has 1 heterocycles. The molecule has 0 radical (unpaired) electrons. The molecule has 7 heteroatoms. The predicted molar refractivity (Wildman–Crippen MR) is 93.4 cm³/mol. The van der Waals surface area contributed by atoms with Crippen LogP contribution in [0, 0.1) is 6.92 Å². The van der Waals surface area contributed by atoms with Crippen molar-refractivity contribution < 1.29 is 9.59 Å². The van der Waals surface area contributed by atoms with Crippen LogP contribution in [0.4, 0.5) is 0 Å². The standard InChI is InChI=1S/C15H25N3O2S2/c1-9(2)15-17-10(3)13(22-15)8-16-14(20)12(6-7-21-5)18-11(4)19/h9,12H,6-8H2,1-5H3,(H,16,20)(H,18,19)/t12-/m0/s1. The lowest BCUT2D eigenvalue weighted by atomic mass is 10.2. The van der Waals surface area contributed by atoms with Gasteiger partial charge in [-0.1, -0.05) is 13.8 Å². The molecule has 5 nitrogen and oxygen atoms in total. The van der Waals surface area contributed by atoms with Gasteiger partial charge >= 0.3 is 0 Å². The predicted octanol–water partition coefficient (Wildman–Crippen LogP) is 2.45. The van der Waals surface area contributed by atoms with Crippen LogP contribution in [0.15, 0.2) is 0 Å². The highest BCUT2D eigenvalue weighted by Gasteiger charge is 2.19. The minimum absolute atomic E-state index is 0.136. The Morgan fingerprint density at radius 2 is 2.05 bits per heavy atom. The molecule has 0 spiro atoms. The molecule has 22 heavy (non-hydrogen) atoms. The minimum atomic E-state index is -0.470. The van der Waals surface area contributed by atoms with Gasteiger partial charge < -0.3 is 10.6 Å². The Hall–Kier alpha value is -1.08. The number of thiazole rings is 1. The zero-order valence-corrected chi connectivity index (χ0v) is 15.5. The molecule has 0 saturated carbocycles. The molecule has 2 N–H and O–H groups in total. The van der Waals surface area contributed by atoms with E-state index in [4.69, 9.17) is 0 Å². The van der Waals surface area contributed by atoms with E-state index < -0.39 is 6.04 Å². The van der Waals surface area contributed by atoms with Gasteiger partial charge in [-0.2, -0.15) is 11.8 Å². The number of amides is 2. The molecule has 1 aromatic rings. The van der Waals surface area contributed by atoms with E-state index in [2.05, 4.69) is 29.5 Å². The monoisotopic (exact) mass is 343 g/mol. The summed E-state index contributed by atoms with van der Waals surface area (Å²) in [5, 5.41) is 6.71. The summed E-state index contributed by atoms with van der Waals surface area (Å²) in [5.41, 5.74) is 0.967. The maximum absolute atomic E-state index is 12.3. The van der Waals surface area contributed by atoms with Crippen LogP contribution in [0.5, 0.6) is 0 Å². The molecule has 124 valence electrons. The summed E-state index contributed by atoms with van der Waals surface area (Å²) < 4.78 is 0. The van der Waals surface area contributed by atoms with E-state index in [1.165, 1.54) is 6.92 Å². The van der Waals surface area contributed by atoms with Gasteiger partial charge in [-0.3, -0.25) is 9.59 Å². The van der Waals surface area contributed by atoms with Gasteiger partial charge in [0.15, 0.2) is 0 Å². The summed E-state index contributed by atoms with van der Waals surface area (Å²) in [6.45, 7) is 8.07. The molecule has 1 rings (SSSR count). The third-order valence-corrected chi connectivity index (χ3v) is 5.23. The van der Waals surface area contributed by atoms with E-state index in [0.717, 1.165) is 21.3 Å². The molecule has 0 saturated heterocycles. The van der Waals surface area contributed by atoms with Gasteiger partial charge in [-0.25, -0.2) is 4.98 Å². The van der Waals surface area contributed by atoms with E-state index in [0.29, 0.717) is 18.9 Å². The lowest BCUT2D eigenvalue weighted by Gasteiger charge is -2.17. The first-order valence-corrected chi connectivity index (χ1v) is 9.56. The van der Waals surface area contributed by atoms with Crippen LogP contribution in [-0.2, 0) is 16.1 Å². The summed E-state index contributed by atoms with van der Waals surface area (Å²) in [6.07, 6.45) is 2.61. The molecule has 0 unspecified atom stereocenters. The summed E-state index contributed by atoms with van der Waals surface area (Å²) >= 11 is 3.29. The Morgan fingerprint density at radius 3 is 2.55 bits per heavy atom. The second kappa shape index (κ2) is 9.15. The van der Waals surface area contributed by atoms with Gasteiger partial charge in [0.1, 0.15) is 6.04 Å². The molecule has 0 aliphatic carbocycles. The Morgan fingerprint density at radius 1 is 1.36 bits per heavy atom. The van der Waals surface area contributed by atoms with Crippen molar-refractivity contribution in [2.75, 3.05) is 12.0 Å². The maximum atomic E-state index is 12.3. The second-order valence-corrected chi connectivity index (χ2v) is 7.57. The van der Waals surface area contributed by atoms with Gasteiger partial charge in [0, 0.05) is 17.7 Å². The SMILES string of the molecule is CSCC[C@H](NC(C)=O)C(=O)NCc1sc(C(C)C)nc1C. The molecule has 2 amide bonds. The Labute approximate surface area is 140 Å². The summed E-state index contributed by atoms with van der Waals surface area (Å²) in [7, 11) is 0. The maximum Gasteiger partial charge on any atom is 0.242 e. The Bertz CT molecular complexity index is 515. The first-order chi connectivity index (χ1) is 10.3. The molecule has 0 aliphatic rings. The van der Waals surface area contributed by atoms with Gasteiger partial charge in [0.05, 0.1) is 17.2 Å². The van der Waals surface area contributed by atoms with Crippen molar-refractivity contribution in [2.24, 2.45) is 0 Å². The number of thioether (sulfide) groups is 1. The third-order valence-electron chi connectivity index (χ3n) is 3.13. The lowest BCUT2D eigenvalue weighted by Crippen LogP contribution is -2.46. The van der Waals surface area contributed by atoms with Crippen LogP contribution in [0.2, 0.25) is 0 Å². The number of rotatable bonds is 8. The summed E-state index contributed by atoms with van der Waals surface area (Å²) in [4.78, 5) is 29.1. The van der Waals surface area contributed by atoms with Crippen LogP contribution in [0.3, 0.4) is 0 Å². The van der Waals surface area contributed by atoms with Crippen LogP contribution < -0.4 is 10.6 Å². The zero-order chi connectivity index (χ0) is 16.7. The number of aryl methyl sites for hydroxylation is 1. The topological polar surface area (TPSA) is 71.1 Å². The molecular weight excluding hydrogens is 318 g/mol. The molecule has 1 atom stereocenters. The van der Waals surface area contributed by atoms with Crippen molar-refractivity contribution in [2.45, 2.75) is 52.6 Å². The number of hydrogen-bond donors (Lipinski definition) is 2. The van der Waals surface area contributed by atoms with Crippen molar-refractivity contribution in [3.8, 4) is 0 Å². The van der Waals surface area contributed by atoms with E-state index >= 15 is 0 Å². The number of nitrogens with one attached hydrogen (secondary N) is 2. The highest BCUT2D eigenvalue weighted by atomic mass is 32.2. The number of carbonyl (C=O) groups excluding carboxylic acids is 2.